The first-order chi connectivity index (χ1) is 10.1. The number of nitro benzene ring substituents is 2. The van der Waals surface area contributed by atoms with Gasteiger partial charge < -0.3 is 5.21 Å². The predicted molar refractivity (Wildman–Crippen MR) is 66.3 cm³/mol. The number of nitro groups is 3. The summed E-state index contributed by atoms with van der Waals surface area (Å²) in [6, 6.07) is 0.519. The van der Waals surface area contributed by atoms with Crippen molar-refractivity contribution >= 4 is 22.4 Å². The first-order valence-corrected chi connectivity index (χ1v) is 5.59. The van der Waals surface area contributed by atoms with Crippen LogP contribution in [-0.4, -0.2) is 19.9 Å². The van der Waals surface area contributed by atoms with Crippen LogP contribution >= 0.6 is 0 Å². The minimum Gasteiger partial charge on any atom is -0.359 e. The van der Waals surface area contributed by atoms with Crippen LogP contribution in [0.15, 0.2) is 10.7 Å². The lowest BCUT2D eigenvalue weighted by molar-refractivity contribution is -0.782. The molecule has 1 heterocycles. The number of aromatic nitrogens is 2. The minimum absolute atomic E-state index is 0.323. The van der Waals surface area contributed by atoms with E-state index in [-0.39, 0.29) is 4.90 Å². The van der Waals surface area contributed by atoms with E-state index >= 15 is 0 Å². The van der Waals surface area contributed by atoms with Crippen LogP contribution < -0.4 is 4.90 Å². The zero-order valence-electron chi connectivity index (χ0n) is 11.1. The largest absolute Gasteiger partial charge is 0.359 e. The maximum absolute atomic E-state index is 11.6. The van der Waals surface area contributed by atoms with Crippen LogP contribution in [0.5, 0.6) is 0 Å². The van der Waals surface area contributed by atoms with E-state index < -0.39 is 48.3 Å². The molecule has 0 spiro atoms. The van der Waals surface area contributed by atoms with Gasteiger partial charge in [0, 0.05) is 18.8 Å². The van der Waals surface area contributed by atoms with Crippen LogP contribution in [0.2, 0.25) is 0 Å². The van der Waals surface area contributed by atoms with Gasteiger partial charge in [-0.25, -0.2) is 0 Å². The number of rotatable bonds is 4. The van der Waals surface area contributed by atoms with Gasteiger partial charge in [-0.1, -0.05) is 0 Å². The number of fused-ring (bicyclic) bond motifs is 1. The summed E-state index contributed by atoms with van der Waals surface area (Å²) in [6.07, 6.45) is 0. The first-order valence-electron chi connectivity index (χ1n) is 5.59. The number of hydrogen-bond donors (Lipinski definition) is 0. The Balaban J connectivity index is 3.08. The third-order valence-corrected chi connectivity index (χ3v) is 3.08. The van der Waals surface area contributed by atoms with E-state index in [1.807, 2.05) is 0 Å². The van der Waals surface area contributed by atoms with Crippen molar-refractivity contribution in [1.82, 2.24) is 5.16 Å². The summed E-state index contributed by atoms with van der Waals surface area (Å²) in [4.78, 5) is 30.1. The summed E-state index contributed by atoms with van der Waals surface area (Å²) in [7, 11) is 0. The van der Waals surface area contributed by atoms with E-state index in [1.165, 1.54) is 0 Å². The molecule has 1 aromatic heterocycles. The zero-order chi connectivity index (χ0) is 16.8. The van der Waals surface area contributed by atoms with Crippen LogP contribution in [0.25, 0.3) is 11.0 Å². The Morgan fingerprint density at radius 3 is 2.14 bits per heavy atom. The highest BCUT2D eigenvalue weighted by molar-refractivity contribution is 5.88. The smallest absolute Gasteiger partial charge is 0.333 e. The van der Waals surface area contributed by atoms with Gasteiger partial charge in [-0.15, -0.1) is 0 Å². The Labute approximate surface area is 119 Å². The average molecular weight is 313 g/mol. The maximum Gasteiger partial charge on any atom is 0.333 e. The second kappa shape index (κ2) is 4.57. The Bertz CT molecular complexity index is 825. The molecule has 0 bridgehead atoms. The van der Waals surface area contributed by atoms with Gasteiger partial charge in [0.15, 0.2) is 5.56 Å². The topological polar surface area (TPSA) is 182 Å². The van der Waals surface area contributed by atoms with Crippen molar-refractivity contribution in [2.75, 3.05) is 0 Å². The monoisotopic (exact) mass is 313 g/mol. The fraction of sp³-hybridized carbons (Fsp3) is 0.333. The Hall–Kier alpha value is -3.38. The molecular weight excluding hydrogens is 306 g/mol. The maximum atomic E-state index is 11.6. The summed E-state index contributed by atoms with van der Waals surface area (Å²) < 4.78 is 4.22. The molecule has 1 aromatic carbocycles. The predicted octanol–water partition coefficient (Wildman–Crippen LogP) is 0.789. The van der Waals surface area contributed by atoms with Crippen molar-refractivity contribution in [3.63, 3.8) is 0 Å². The molecule has 0 aliphatic heterocycles. The SMILES string of the molecule is CC(C)(c1c([N+](=O)[O-])cc([N+](=O)[O-])c2no[n+]([O-])c12)[N+](=O)[O-]. The van der Waals surface area contributed by atoms with Gasteiger partial charge in [0.05, 0.1) is 21.1 Å². The summed E-state index contributed by atoms with van der Waals surface area (Å²) >= 11 is 0. The van der Waals surface area contributed by atoms with Crippen molar-refractivity contribution < 1.29 is 24.3 Å². The summed E-state index contributed by atoms with van der Waals surface area (Å²) in [5, 5.41) is 48.1. The third kappa shape index (κ3) is 1.95. The molecule has 0 N–H and O–H groups in total. The van der Waals surface area contributed by atoms with E-state index in [9.17, 15) is 35.6 Å². The number of hydrogen-bond acceptors (Lipinski definition) is 9. The van der Waals surface area contributed by atoms with Crippen molar-refractivity contribution in [2.45, 2.75) is 19.4 Å². The number of benzene rings is 1. The van der Waals surface area contributed by atoms with Crippen LogP contribution in [-0.2, 0) is 5.54 Å². The average Bonchev–Trinajstić information content (AvgIpc) is 2.78. The fourth-order valence-electron chi connectivity index (χ4n) is 2.00. The van der Waals surface area contributed by atoms with E-state index in [2.05, 4.69) is 9.79 Å². The molecule has 2 rings (SSSR count). The standard InChI is InChI=1S/C9H7N5O8/c1-9(2,14(20)21)6-4(11(15)16)3-5(12(17)18)7-8(6)13(19)22-10-7/h3H,1-2H3. The van der Waals surface area contributed by atoms with Gasteiger partial charge in [0.1, 0.15) is 0 Å². The van der Waals surface area contributed by atoms with Crippen molar-refractivity contribution in [3.8, 4) is 0 Å². The van der Waals surface area contributed by atoms with Gasteiger partial charge in [-0.2, -0.15) is 0 Å². The van der Waals surface area contributed by atoms with Crippen molar-refractivity contribution in [1.29, 1.82) is 0 Å². The molecule has 22 heavy (non-hydrogen) atoms. The van der Waals surface area contributed by atoms with Gasteiger partial charge in [-0.05, 0) is 4.90 Å². The number of non-ortho nitro benzene ring substituents is 1. The molecule has 2 aromatic rings. The van der Waals surface area contributed by atoms with E-state index in [4.69, 9.17) is 0 Å². The molecule has 0 fully saturated rings. The molecule has 0 atom stereocenters. The second-order valence-corrected chi connectivity index (χ2v) is 4.75. The molecule has 0 saturated heterocycles. The Morgan fingerprint density at radius 2 is 1.68 bits per heavy atom. The molecular formula is C9H7N5O8. The normalized spacial score (nSPS) is 11.5. The second-order valence-electron chi connectivity index (χ2n) is 4.75. The summed E-state index contributed by atoms with van der Waals surface area (Å²) in [5.41, 5.74) is -5.82. The summed E-state index contributed by atoms with van der Waals surface area (Å²) in [6.45, 7) is 2.04. The number of nitrogens with zero attached hydrogens (tertiary/aromatic N) is 5. The molecule has 0 saturated carbocycles. The van der Waals surface area contributed by atoms with E-state index in [1.54, 1.807) is 0 Å². The molecule has 13 heteroatoms. The third-order valence-electron chi connectivity index (χ3n) is 3.08. The highest BCUT2D eigenvalue weighted by atomic mass is 16.8. The van der Waals surface area contributed by atoms with Gasteiger partial charge >= 0.3 is 11.2 Å². The Morgan fingerprint density at radius 1 is 1.14 bits per heavy atom. The molecule has 0 unspecified atom stereocenters. The van der Waals surface area contributed by atoms with Crippen LogP contribution in [0.4, 0.5) is 11.4 Å². The molecule has 0 aliphatic rings. The van der Waals surface area contributed by atoms with E-state index in [0.717, 1.165) is 13.8 Å². The highest BCUT2D eigenvalue weighted by Gasteiger charge is 2.47. The van der Waals surface area contributed by atoms with Crippen molar-refractivity contribution in [2.24, 2.45) is 0 Å². The fourth-order valence-corrected chi connectivity index (χ4v) is 2.00. The molecule has 0 aliphatic carbocycles. The lowest BCUT2D eigenvalue weighted by Gasteiger charge is -2.15. The highest BCUT2D eigenvalue weighted by Crippen LogP contribution is 2.40. The molecule has 116 valence electrons. The van der Waals surface area contributed by atoms with Crippen LogP contribution in [0, 0.1) is 35.6 Å². The van der Waals surface area contributed by atoms with Gasteiger partial charge in [0.2, 0.25) is 0 Å². The molecule has 0 amide bonds. The van der Waals surface area contributed by atoms with Gasteiger partial charge in [0.25, 0.3) is 16.7 Å². The quantitative estimate of drug-likeness (QED) is 0.447. The Kier molecular flexibility index (Phi) is 3.12. The zero-order valence-corrected chi connectivity index (χ0v) is 11.1. The summed E-state index contributed by atoms with van der Waals surface area (Å²) in [5.74, 6) is 0. The van der Waals surface area contributed by atoms with Crippen LogP contribution in [0.1, 0.15) is 19.4 Å². The van der Waals surface area contributed by atoms with Gasteiger partial charge in [-0.3, -0.25) is 35.0 Å². The first kappa shape index (κ1) is 15.0. The van der Waals surface area contributed by atoms with E-state index in [0.29, 0.717) is 6.07 Å². The van der Waals surface area contributed by atoms with Crippen molar-refractivity contribution in [3.05, 3.63) is 47.2 Å². The lowest BCUT2D eigenvalue weighted by Crippen LogP contribution is -2.33. The van der Waals surface area contributed by atoms with Crippen LogP contribution in [0.3, 0.4) is 0 Å². The lowest BCUT2D eigenvalue weighted by atomic mass is 9.91. The molecule has 13 nitrogen and oxygen atoms in total. The molecule has 0 radical (unpaired) electrons. The minimum atomic E-state index is -2.08.